The van der Waals surface area contributed by atoms with Crippen LogP contribution in [0, 0.1) is 11.3 Å². The highest BCUT2D eigenvalue weighted by molar-refractivity contribution is 7.92. The summed E-state index contributed by atoms with van der Waals surface area (Å²) in [6, 6.07) is 12.9. The quantitative estimate of drug-likeness (QED) is 0.612. The second-order valence-corrected chi connectivity index (χ2v) is 10.3. The maximum Gasteiger partial charge on any atom is 0.233 e. The van der Waals surface area contributed by atoms with E-state index in [2.05, 4.69) is 38.5 Å². The van der Waals surface area contributed by atoms with E-state index in [-0.39, 0.29) is 5.75 Å². The summed E-state index contributed by atoms with van der Waals surface area (Å²) in [4.78, 5) is 4.32. The molecule has 2 heterocycles. The van der Waals surface area contributed by atoms with Crippen molar-refractivity contribution in [3.05, 3.63) is 47.7 Å². The Bertz CT molecular complexity index is 1260. The van der Waals surface area contributed by atoms with Gasteiger partial charge in [0.2, 0.25) is 10.0 Å². The molecule has 0 radical (unpaired) electrons. The Labute approximate surface area is 176 Å². The summed E-state index contributed by atoms with van der Waals surface area (Å²) >= 11 is 0. The van der Waals surface area contributed by atoms with Crippen LogP contribution in [0.5, 0.6) is 0 Å². The average molecular weight is 421 g/mol. The van der Waals surface area contributed by atoms with E-state index in [0.717, 1.165) is 35.0 Å². The summed E-state index contributed by atoms with van der Waals surface area (Å²) in [5.41, 5.74) is 4.89. The average Bonchev–Trinajstić information content (AvgIpc) is 3.51. The molecule has 154 valence electrons. The molecular formula is C23H24N4O2S. The lowest BCUT2D eigenvalue weighted by atomic mass is 9.92. The van der Waals surface area contributed by atoms with Gasteiger partial charge in [-0.2, -0.15) is 5.26 Å². The molecule has 5 rings (SSSR count). The fourth-order valence-electron chi connectivity index (χ4n) is 4.25. The second-order valence-electron chi connectivity index (χ2n) is 8.28. The third-order valence-electron chi connectivity index (χ3n) is 6.31. The topological polar surface area (TPSA) is 87.8 Å². The lowest BCUT2D eigenvalue weighted by Gasteiger charge is -2.30. The van der Waals surface area contributed by atoms with E-state index in [9.17, 15) is 13.7 Å². The van der Waals surface area contributed by atoms with E-state index >= 15 is 0 Å². The molecule has 6 nitrogen and oxygen atoms in total. The van der Waals surface area contributed by atoms with Crippen molar-refractivity contribution in [3.63, 3.8) is 0 Å². The molecule has 1 aromatic carbocycles. The van der Waals surface area contributed by atoms with Gasteiger partial charge >= 0.3 is 0 Å². The maximum absolute atomic E-state index is 11.8. The molecule has 2 fully saturated rings. The number of nitrogens with zero attached hydrogens (tertiary/aromatic N) is 3. The van der Waals surface area contributed by atoms with Gasteiger partial charge in [0.05, 0.1) is 22.5 Å². The van der Waals surface area contributed by atoms with Crippen molar-refractivity contribution in [2.75, 3.05) is 10.5 Å². The summed E-state index contributed by atoms with van der Waals surface area (Å²) in [6.07, 6.45) is 7.57. The summed E-state index contributed by atoms with van der Waals surface area (Å²) in [5.74, 6) is 0.941. The Hall–Kier alpha value is -2.85. The Kier molecular flexibility index (Phi) is 4.55. The minimum Gasteiger partial charge on any atom is -0.336 e. The number of sulfonamides is 1. The van der Waals surface area contributed by atoms with E-state index < -0.39 is 10.0 Å². The molecule has 7 heteroatoms. The Morgan fingerprint density at radius 1 is 1.20 bits per heavy atom. The van der Waals surface area contributed by atoms with Gasteiger partial charge in [0.25, 0.3) is 0 Å². The number of fused-ring (bicyclic) bond motifs is 1. The third-order valence-corrected chi connectivity index (χ3v) is 7.59. The zero-order valence-electron chi connectivity index (χ0n) is 16.9. The van der Waals surface area contributed by atoms with E-state index in [1.165, 1.54) is 24.8 Å². The van der Waals surface area contributed by atoms with Crippen molar-refractivity contribution in [2.45, 2.75) is 51.0 Å². The van der Waals surface area contributed by atoms with Crippen molar-refractivity contribution < 1.29 is 8.42 Å². The Morgan fingerprint density at radius 3 is 2.57 bits per heavy atom. The highest BCUT2D eigenvalue weighted by Gasteiger charge is 2.30. The first kappa shape index (κ1) is 19.1. The van der Waals surface area contributed by atoms with Crippen LogP contribution < -0.4 is 4.72 Å². The standard InChI is InChI=1S/C23H24N4O2S/c1-2-30(28,29)26-22-11-9-17(14-25-22)23-20(13-24)19-10-8-16(15-6-7-15)12-21(19)27(23)18-4-3-5-18/h8-12,14-15,18H,2-7H2,1H3,(H,25,26). The van der Waals surface area contributed by atoms with Crippen LogP contribution in [0.25, 0.3) is 22.2 Å². The molecular weight excluding hydrogens is 396 g/mol. The highest BCUT2D eigenvalue weighted by Crippen LogP contribution is 2.45. The van der Waals surface area contributed by atoms with Gasteiger partial charge in [0, 0.05) is 23.2 Å². The van der Waals surface area contributed by atoms with Crippen LogP contribution in [0.4, 0.5) is 5.82 Å². The summed E-state index contributed by atoms with van der Waals surface area (Å²) in [5, 5.41) is 11.0. The van der Waals surface area contributed by atoms with Crippen molar-refractivity contribution >= 4 is 26.7 Å². The number of anilines is 1. The smallest absolute Gasteiger partial charge is 0.233 e. The molecule has 0 atom stereocenters. The first-order valence-electron chi connectivity index (χ1n) is 10.6. The summed E-state index contributed by atoms with van der Waals surface area (Å²) < 4.78 is 28.5. The van der Waals surface area contributed by atoms with Gasteiger partial charge in [-0.1, -0.05) is 12.1 Å². The van der Waals surface area contributed by atoms with E-state index in [4.69, 9.17) is 0 Å². The maximum atomic E-state index is 11.8. The monoisotopic (exact) mass is 420 g/mol. The van der Waals surface area contributed by atoms with Crippen LogP contribution in [0.3, 0.4) is 0 Å². The molecule has 2 aliphatic rings. The molecule has 0 unspecified atom stereocenters. The van der Waals surface area contributed by atoms with Crippen LogP contribution in [0.15, 0.2) is 36.5 Å². The van der Waals surface area contributed by atoms with Crippen LogP contribution in [0.1, 0.15) is 62.1 Å². The van der Waals surface area contributed by atoms with Gasteiger partial charge in [0.1, 0.15) is 11.9 Å². The predicted octanol–water partition coefficient (Wildman–Crippen LogP) is 4.94. The van der Waals surface area contributed by atoms with Crippen LogP contribution in [-0.2, 0) is 10.0 Å². The lowest BCUT2D eigenvalue weighted by Crippen LogP contribution is -2.18. The second kappa shape index (κ2) is 7.13. The molecule has 2 saturated carbocycles. The molecule has 30 heavy (non-hydrogen) atoms. The van der Waals surface area contributed by atoms with Crippen molar-refractivity contribution in [2.24, 2.45) is 0 Å². The Morgan fingerprint density at radius 2 is 2.00 bits per heavy atom. The van der Waals surface area contributed by atoms with E-state index in [1.54, 1.807) is 19.2 Å². The summed E-state index contributed by atoms with van der Waals surface area (Å²) in [7, 11) is -3.38. The molecule has 0 saturated heterocycles. The first-order valence-corrected chi connectivity index (χ1v) is 12.2. The van der Waals surface area contributed by atoms with Gasteiger partial charge < -0.3 is 4.57 Å². The highest BCUT2D eigenvalue weighted by atomic mass is 32.2. The first-order chi connectivity index (χ1) is 14.5. The fraction of sp³-hybridized carbons (Fsp3) is 0.391. The molecule has 0 spiro atoms. The number of nitriles is 1. The predicted molar refractivity (Wildman–Crippen MR) is 118 cm³/mol. The number of rotatable bonds is 6. The normalized spacial score (nSPS) is 16.9. The number of aromatic nitrogens is 2. The van der Waals surface area contributed by atoms with E-state index in [0.29, 0.717) is 23.3 Å². The van der Waals surface area contributed by atoms with E-state index in [1.807, 2.05) is 6.07 Å². The third kappa shape index (κ3) is 3.25. The van der Waals surface area contributed by atoms with Gasteiger partial charge in [-0.25, -0.2) is 13.4 Å². The number of hydrogen-bond acceptors (Lipinski definition) is 4. The molecule has 1 N–H and O–H groups in total. The number of benzene rings is 1. The van der Waals surface area contributed by atoms with Crippen molar-refractivity contribution in [3.8, 4) is 17.3 Å². The Balaban J connectivity index is 1.65. The van der Waals surface area contributed by atoms with Gasteiger partial charge in [-0.05, 0) is 68.7 Å². The largest absolute Gasteiger partial charge is 0.336 e. The van der Waals surface area contributed by atoms with Crippen LogP contribution >= 0.6 is 0 Å². The van der Waals surface area contributed by atoms with Crippen LogP contribution in [0.2, 0.25) is 0 Å². The molecule has 2 aromatic heterocycles. The van der Waals surface area contributed by atoms with Crippen molar-refractivity contribution in [1.29, 1.82) is 5.26 Å². The summed E-state index contributed by atoms with van der Waals surface area (Å²) in [6.45, 7) is 1.59. The zero-order valence-corrected chi connectivity index (χ0v) is 17.7. The van der Waals surface area contributed by atoms with Gasteiger partial charge in [0.15, 0.2) is 0 Å². The number of pyridine rings is 1. The molecule has 2 aliphatic carbocycles. The SMILES string of the molecule is CCS(=O)(=O)Nc1ccc(-c2c(C#N)c3ccc(C4CC4)cc3n2C2CCC2)cn1. The number of nitrogens with one attached hydrogen (secondary N) is 1. The van der Waals surface area contributed by atoms with Crippen LogP contribution in [-0.4, -0.2) is 23.7 Å². The molecule has 0 amide bonds. The minimum atomic E-state index is -3.38. The number of hydrogen-bond donors (Lipinski definition) is 1. The fourth-order valence-corrected chi connectivity index (χ4v) is 4.83. The minimum absolute atomic E-state index is 0.00570. The molecule has 3 aromatic rings. The van der Waals surface area contributed by atoms with Gasteiger partial charge in [-0.3, -0.25) is 4.72 Å². The lowest BCUT2D eigenvalue weighted by molar-refractivity contribution is 0.324. The zero-order chi connectivity index (χ0) is 20.9. The van der Waals surface area contributed by atoms with Crippen molar-refractivity contribution in [1.82, 2.24) is 9.55 Å². The molecule has 0 bridgehead atoms. The molecule has 0 aliphatic heterocycles. The van der Waals surface area contributed by atoms with Gasteiger partial charge in [-0.15, -0.1) is 0 Å².